The lowest BCUT2D eigenvalue weighted by atomic mass is 9.94. The smallest absolute Gasteiger partial charge is 0.312 e. The van der Waals surface area contributed by atoms with E-state index in [4.69, 9.17) is 10.2 Å². The van der Waals surface area contributed by atoms with Crippen LogP contribution in [0.25, 0.3) is 0 Å². The Labute approximate surface area is 152 Å². The number of carbonyl (C=O) groups is 1. The third kappa shape index (κ3) is 4.33. The highest BCUT2D eigenvalue weighted by Gasteiger charge is 2.24. The molecule has 6 heteroatoms. The van der Waals surface area contributed by atoms with Gasteiger partial charge in [0.2, 0.25) is 5.89 Å². The number of anilines is 1. The monoisotopic (exact) mass is 350 g/mol. The molecular weight excluding hydrogens is 328 g/mol. The van der Waals surface area contributed by atoms with Crippen molar-refractivity contribution in [3.63, 3.8) is 0 Å². The standard InChI is InChI=1S/C20H22N4O2/c1-13(2)15-8-6-14(7-9-15)11-16(25)12-17(18-5-3-4-10-22-18)19-23-24-20(21)26-19/h3-10,13,17H,11-12H2,1-2H3,(H2,21,24). The first kappa shape index (κ1) is 17.8. The number of nitrogens with zero attached hydrogens (tertiary/aromatic N) is 3. The molecule has 0 fully saturated rings. The van der Waals surface area contributed by atoms with Gasteiger partial charge >= 0.3 is 6.01 Å². The largest absolute Gasteiger partial charge is 0.408 e. The van der Waals surface area contributed by atoms with Crippen molar-refractivity contribution in [3.05, 3.63) is 71.4 Å². The fourth-order valence-corrected chi connectivity index (χ4v) is 2.84. The lowest BCUT2D eigenvalue weighted by Crippen LogP contribution is -2.12. The van der Waals surface area contributed by atoms with Crippen molar-refractivity contribution < 1.29 is 9.21 Å². The molecule has 1 unspecified atom stereocenters. The maximum absolute atomic E-state index is 12.6. The third-order valence-corrected chi connectivity index (χ3v) is 4.28. The SMILES string of the molecule is CC(C)c1ccc(CC(=O)CC(c2ccccn2)c2nnc(N)o2)cc1. The molecule has 6 nitrogen and oxygen atoms in total. The van der Waals surface area contributed by atoms with Crippen molar-refractivity contribution in [1.29, 1.82) is 0 Å². The van der Waals surface area contributed by atoms with E-state index in [2.05, 4.69) is 41.2 Å². The minimum atomic E-state index is -0.400. The number of nitrogens with two attached hydrogens (primary N) is 1. The van der Waals surface area contributed by atoms with E-state index >= 15 is 0 Å². The van der Waals surface area contributed by atoms with E-state index in [1.807, 2.05) is 30.3 Å². The van der Waals surface area contributed by atoms with Crippen molar-refractivity contribution in [2.24, 2.45) is 0 Å². The maximum atomic E-state index is 12.6. The number of ketones is 1. The summed E-state index contributed by atoms with van der Waals surface area (Å²) in [6.07, 6.45) is 2.26. The first-order chi connectivity index (χ1) is 12.5. The van der Waals surface area contributed by atoms with Crippen LogP contribution in [0, 0.1) is 0 Å². The summed E-state index contributed by atoms with van der Waals surface area (Å²) in [4.78, 5) is 17.0. The normalized spacial score (nSPS) is 12.3. The first-order valence-corrected chi connectivity index (χ1v) is 8.63. The molecule has 0 amide bonds. The predicted octanol–water partition coefficient (Wildman–Crippen LogP) is 3.50. The molecule has 2 heterocycles. The van der Waals surface area contributed by atoms with Gasteiger partial charge in [-0.15, -0.1) is 5.10 Å². The molecule has 0 aliphatic carbocycles. The molecular formula is C20H22N4O2. The number of pyridine rings is 1. The molecule has 1 aromatic carbocycles. The van der Waals surface area contributed by atoms with E-state index in [1.54, 1.807) is 6.20 Å². The van der Waals surface area contributed by atoms with Crippen LogP contribution in [0.2, 0.25) is 0 Å². The van der Waals surface area contributed by atoms with Crippen molar-refractivity contribution in [2.45, 2.75) is 38.5 Å². The lowest BCUT2D eigenvalue weighted by Gasteiger charge is -2.12. The third-order valence-electron chi connectivity index (χ3n) is 4.28. The van der Waals surface area contributed by atoms with Crippen LogP contribution in [-0.2, 0) is 11.2 Å². The Morgan fingerprint density at radius 1 is 1.12 bits per heavy atom. The number of Topliss-reactive ketones (excluding diaryl/α,β-unsaturated/α-hetero) is 1. The zero-order valence-electron chi connectivity index (χ0n) is 14.9. The van der Waals surface area contributed by atoms with Crippen LogP contribution in [0.15, 0.2) is 53.1 Å². The molecule has 2 aromatic heterocycles. The summed E-state index contributed by atoms with van der Waals surface area (Å²) in [5, 5.41) is 7.65. The number of carbonyl (C=O) groups excluding carboxylic acids is 1. The number of hydrogen-bond donors (Lipinski definition) is 1. The van der Waals surface area contributed by atoms with Gasteiger partial charge in [-0.3, -0.25) is 9.78 Å². The molecule has 0 saturated heterocycles. The molecule has 0 aliphatic rings. The number of aromatic nitrogens is 3. The average molecular weight is 350 g/mol. The highest BCUT2D eigenvalue weighted by atomic mass is 16.4. The molecule has 0 saturated carbocycles. The van der Waals surface area contributed by atoms with Gasteiger partial charge in [-0.2, -0.15) is 0 Å². The predicted molar refractivity (Wildman–Crippen MR) is 98.6 cm³/mol. The quantitative estimate of drug-likeness (QED) is 0.701. The van der Waals surface area contributed by atoms with Gasteiger partial charge in [-0.05, 0) is 29.2 Å². The van der Waals surface area contributed by atoms with Crippen molar-refractivity contribution >= 4 is 11.8 Å². The fourth-order valence-electron chi connectivity index (χ4n) is 2.84. The number of nitrogen functional groups attached to an aromatic ring is 1. The highest BCUT2D eigenvalue weighted by molar-refractivity contribution is 5.82. The van der Waals surface area contributed by atoms with Crippen LogP contribution in [-0.4, -0.2) is 21.0 Å². The van der Waals surface area contributed by atoms with Crippen LogP contribution < -0.4 is 5.73 Å². The topological polar surface area (TPSA) is 94.9 Å². The second-order valence-corrected chi connectivity index (χ2v) is 6.60. The summed E-state index contributed by atoms with van der Waals surface area (Å²) in [5.74, 6) is 0.458. The van der Waals surface area contributed by atoms with Gasteiger partial charge in [0.15, 0.2) is 0 Å². The van der Waals surface area contributed by atoms with Gasteiger partial charge in [0.05, 0.1) is 11.6 Å². The average Bonchev–Trinajstić information content (AvgIpc) is 3.07. The first-order valence-electron chi connectivity index (χ1n) is 8.63. The minimum absolute atomic E-state index is 0.0161. The zero-order valence-corrected chi connectivity index (χ0v) is 14.9. The second kappa shape index (κ2) is 7.91. The number of benzene rings is 1. The molecule has 134 valence electrons. The van der Waals surface area contributed by atoms with Crippen LogP contribution in [0.1, 0.15) is 54.8 Å². The lowest BCUT2D eigenvalue weighted by molar-refractivity contribution is -0.118. The summed E-state index contributed by atoms with van der Waals surface area (Å²) in [5.41, 5.74) is 8.50. The maximum Gasteiger partial charge on any atom is 0.312 e. The van der Waals surface area contributed by atoms with E-state index in [0.29, 0.717) is 23.9 Å². The van der Waals surface area contributed by atoms with Crippen LogP contribution >= 0.6 is 0 Å². The Balaban J connectivity index is 1.75. The molecule has 0 aliphatic heterocycles. The summed E-state index contributed by atoms with van der Waals surface area (Å²) >= 11 is 0. The molecule has 0 radical (unpaired) electrons. The van der Waals surface area contributed by atoms with Crippen LogP contribution in [0.3, 0.4) is 0 Å². The molecule has 1 atom stereocenters. The number of hydrogen-bond acceptors (Lipinski definition) is 6. The molecule has 26 heavy (non-hydrogen) atoms. The van der Waals surface area contributed by atoms with E-state index in [-0.39, 0.29) is 18.2 Å². The van der Waals surface area contributed by atoms with Crippen LogP contribution in [0.5, 0.6) is 0 Å². The van der Waals surface area contributed by atoms with Gasteiger partial charge in [-0.25, -0.2) is 0 Å². The highest BCUT2D eigenvalue weighted by Crippen LogP contribution is 2.27. The summed E-state index contributed by atoms with van der Waals surface area (Å²) in [7, 11) is 0. The summed E-state index contributed by atoms with van der Waals surface area (Å²) in [6, 6.07) is 13.7. The van der Waals surface area contributed by atoms with E-state index in [9.17, 15) is 4.79 Å². The second-order valence-electron chi connectivity index (χ2n) is 6.60. The van der Waals surface area contributed by atoms with Gasteiger partial charge in [0.1, 0.15) is 5.78 Å². The summed E-state index contributed by atoms with van der Waals surface area (Å²) in [6.45, 7) is 4.29. The van der Waals surface area contributed by atoms with E-state index < -0.39 is 5.92 Å². The zero-order chi connectivity index (χ0) is 18.5. The Hall–Kier alpha value is -3.02. The van der Waals surface area contributed by atoms with Crippen molar-refractivity contribution in [1.82, 2.24) is 15.2 Å². The molecule has 0 bridgehead atoms. The van der Waals surface area contributed by atoms with E-state index in [1.165, 1.54) is 5.56 Å². The fraction of sp³-hybridized carbons (Fsp3) is 0.300. The Kier molecular flexibility index (Phi) is 5.41. The number of rotatable bonds is 7. The molecule has 3 rings (SSSR count). The van der Waals surface area contributed by atoms with Crippen molar-refractivity contribution in [3.8, 4) is 0 Å². The summed E-state index contributed by atoms with van der Waals surface area (Å²) < 4.78 is 5.36. The Morgan fingerprint density at radius 3 is 2.46 bits per heavy atom. The van der Waals surface area contributed by atoms with Gasteiger partial charge in [-0.1, -0.05) is 49.3 Å². The Morgan fingerprint density at radius 2 is 1.88 bits per heavy atom. The van der Waals surface area contributed by atoms with Crippen LogP contribution in [0.4, 0.5) is 6.01 Å². The van der Waals surface area contributed by atoms with Gasteiger partial charge in [0, 0.05) is 19.0 Å². The molecule has 3 aromatic rings. The molecule has 0 spiro atoms. The van der Waals surface area contributed by atoms with Gasteiger partial charge in [0.25, 0.3) is 0 Å². The Bertz CT molecular complexity index is 857. The minimum Gasteiger partial charge on any atom is -0.408 e. The molecule has 2 N–H and O–H groups in total. The van der Waals surface area contributed by atoms with Crippen molar-refractivity contribution in [2.75, 3.05) is 5.73 Å². The van der Waals surface area contributed by atoms with E-state index in [0.717, 1.165) is 5.56 Å². The van der Waals surface area contributed by atoms with Gasteiger partial charge < -0.3 is 10.2 Å².